The highest BCUT2D eigenvalue weighted by molar-refractivity contribution is 7.13. The summed E-state index contributed by atoms with van der Waals surface area (Å²) in [5, 5.41) is 9.00. The molecule has 14 heavy (non-hydrogen) atoms. The molecule has 0 unspecified atom stereocenters. The van der Waals surface area contributed by atoms with Gasteiger partial charge in [-0.2, -0.15) is 23.0 Å². The molecule has 0 bridgehead atoms. The van der Waals surface area contributed by atoms with Crippen LogP contribution in [0.5, 0.6) is 0 Å². The zero-order chi connectivity index (χ0) is 10.2. The summed E-state index contributed by atoms with van der Waals surface area (Å²) < 4.78 is 37.4. The SMILES string of the molecule is FC(F)(F)c1nnc(-n2cncn2)s1. The Morgan fingerprint density at radius 1 is 1.29 bits per heavy atom. The van der Waals surface area contributed by atoms with Gasteiger partial charge in [-0.25, -0.2) is 4.98 Å². The van der Waals surface area contributed by atoms with E-state index in [4.69, 9.17) is 0 Å². The molecule has 2 rings (SSSR count). The Hall–Kier alpha value is -1.51. The minimum absolute atomic E-state index is 0.0369. The quantitative estimate of drug-likeness (QED) is 0.724. The molecule has 0 fully saturated rings. The first-order chi connectivity index (χ1) is 6.57. The Kier molecular flexibility index (Phi) is 1.95. The molecule has 0 aliphatic rings. The van der Waals surface area contributed by atoms with Crippen LogP contribution in [0.1, 0.15) is 5.01 Å². The molecule has 2 aromatic rings. The first-order valence-corrected chi connectivity index (χ1v) is 4.15. The van der Waals surface area contributed by atoms with Gasteiger partial charge in [-0.05, 0) is 0 Å². The van der Waals surface area contributed by atoms with Gasteiger partial charge in [0.25, 0.3) is 0 Å². The third-order valence-corrected chi connectivity index (χ3v) is 2.23. The van der Waals surface area contributed by atoms with E-state index < -0.39 is 11.2 Å². The van der Waals surface area contributed by atoms with Gasteiger partial charge in [-0.15, -0.1) is 10.2 Å². The maximum absolute atomic E-state index is 12.1. The largest absolute Gasteiger partial charge is 0.445 e. The van der Waals surface area contributed by atoms with Gasteiger partial charge < -0.3 is 0 Å². The van der Waals surface area contributed by atoms with Crippen molar-refractivity contribution in [2.45, 2.75) is 6.18 Å². The van der Waals surface area contributed by atoms with Gasteiger partial charge in [0.15, 0.2) is 0 Å². The van der Waals surface area contributed by atoms with Gasteiger partial charge in [-0.1, -0.05) is 11.3 Å². The zero-order valence-corrected chi connectivity index (χ0v) is 7.25. The molecule has 0 aliphatic carbocycles. The maximum Gasteiger partial charge on any atom is 0.445 e. The second-order valence-corrected chi connectivity index (χ2v) is 3.18. The van der Waals surface area contributed by atoms with Crippen molar-refractivity contribution in [2.24, 2.45) is 0 Å². The predicted octanol–water partition coefficient (Wildman–Crippen LogP) is 1.14. The van der Waals surface area contributed by atoms with Crippen LogP contribution in [0.15, 0.2) is 12.7 Å². The number of aromatic nitrogens is 5. The Balaban J connectivity index is 2.36. The van der Waals surface area contributed by atoms with E-state index in [1.807, 2.05) is 0 Å². The van der Waals surface area contributed by atoms with Gasteiger partial charge in [0, 0.05) is 0 Å². The third-order valence-electron chi connectivity index (χ3n) is 1.27. The summed E-state index contributed by atoms with van der Waals surface area (Å²) in [7, 11) is 0. The first kappa shape index (κ1) is 9.06. The summed E-state index contributed by atoms with van der Waals surface area (Å²) >= 11 is 0.411. The monoisotopic (exact) mass is 221 g/mol. The molecule has 0 atom stereocenters. The van der Waals surface area contributed by atoms with E-state index in [9.17, 15) is 13.2 Å². The fraction of sp³-hybridized carbons (Fsp3) is 0.200. The number of halogens is 3. The molecule has 0 spiro atoms. The molecule has 0 saturated carbocycles. The van der Waals surface area contributed by atoms with E-state index in [2.05, 4.69) is 20.3 Å². The second-order valence-electron chi connectivity index (χ2n) is 2.23. The van der Waals surface area contributed by atoms with E-state index in [0.717, 1.165) is 4.68 Å². The van der Waals surface area contributed by atoms with Crippen LogP contribution >= 0.6 is 11.3 Å². The molecule has 0 radical (unpaired) electrons. The summed E-state index contributed by atoms with van der Waals surface area (Å²) in [4.78, 5) is 3.58. The number of hydrogen-bond acceptors (Lipinski definition) is 5. The minimum Gasteiger partial charge on any atom is -0.223 e. The van der Waals surface area contributed by atoms with Crippen molar-refractivity contribution < 1.29 is 13.2 Å². The summed E-state index contributed by atoms with van der Waals surface area (Å²) in [6.45, 7) is 0. The van der Waals surface area contributed by atoms with E-state index in [0.29, 0.717) is 11.3 Å². The van der Waals surface area contributed by atoms with Crippen molar-refractivity contribution in [3.63, 3.8) is 0 Å². The molecular formula is C5H2F3N5S. The number of rotatable bonds is 1. The predicted molar refractivity (Wildman–Crippen MR) is 39.8 cm³/mol. The van der Waals surface area contributed by atoms with Crippen molar-refractivity contribution in [1.82, 2.24) is 25.0 Å². The Labute approximate surface area is 79.2 Å². The number of alkyl halides is 3. The molecular weight excluding hydrogens is 219 g/mol. The van der Waals surface area contributed by atoms with E-state index in [1.165, 1.54) is 12.7 Å². The lowest BCUT2D eigenvalue weighted by atomic mass is 10.7. The Bertz CT molecular complexity index is 419. The number of nitrogens with zero attached hydrogens (tertiary/aromatic N) is 5. The molecule has 0 saturated heterocycles. The van der Waals surface area contributed by atoms with E-state index >= 15 is 0 Å². The van der Waals surface area contributed by atoms with Gasteiger partial charge in [0.05, 0.1) is 0 Å². The zero-order valence-electron chi connectivity index (χ0n) is 6.43. The van der Waals surface area contributed by atoms with Crippen molar-refractivity contribution in [3.05, 3.63) is 17.7 Å². The molecule has 74 valence electrons. The van der Waals surface area contributed by atoms with E-state index in [-0.39, 0.29) is 5.13 Å². The molecule has 0 aliphatic heterocycles. The lowest BCUT2D eigenvalue weighted by Crippen LogP contribution is -2.03. The standard InChI is InChI=1S/C5H2F3N5S/c6-5(7,8)3-11-12-4(14-3)13-2-9-1-10-13/h1-2H. The fourth-order valence-electron chi connectivity index (χ4n) is 0.730. The van der Waals surface area contributed by atoms with Crippen LogP contribution in [0.4, 0.5) is 13.2 Å². The summed E-state index contributed by atoms with van der Waals surface area (Å²) in [6, 6.07) is 0. The van der Waals surface area contributed by atoms with Gasteiger partial charge in [0.2, 0.25) is 10.1 Å². The summed E-state index contributed by atoms with van der Waals surface area (Å²) in [5.41, 5.74) is 0. The van der Waals surface area contributed by atoms with Crippen molar-refractivity contribution in [1.29, 1.82) is 0 Å². The van der Waals surface area contributed by atoms with Crippen LogP contribution in [0.25, 0.3) is 5.13 Å². The number of hydrogen-bond donors (Lipinski definition) is 0. The fourth-order valence-corrected chi connectivity index (χ4v) is 1.37. The molecule has 5 nitrogen and oxygen atoms in total. The van der Waals surface area contributed by atoms with Crippen molar-refractivity contribution in [2.75, 3.05) is 0 Å². The molecule has 2 aromatic heterocycles. The summed E-state index contributed by atoms with van der Waals surface area (Å²) in [5.74, 6) is 0. The maximum atomic E-state index is 12.1. The minimum atomic E-state index is -4.46. The van der Waals surface area contributed by atoms with Crippen molar-refractivity contribution in [3.8, 4) is 5.13 Å². The topological polar surface area (TPSA) is 56.5 Å². The van der Waals surface area contributed by atoms with Crippen LogP contribution in [-0.4, -0.2) is 25.0 Å². The normalized spacial score (nSPS) is 11.9. The van der Waals surface area contributed by atoms with Gasteiger partial charge in [0.1, 0.15) is 12.7 Å². The third kappa shape index (κ3) is 1.58. The lowest BCUT2D eigenvalue weighted by Gasteiger charge is -1.97. The second kappa shape index (κ2) is 3.01. The molecule has 0 N–H and O–H groups in total. The van der Waals surface area contributed by atoms with Crippen LogP contribution < -0.4 is 0 Å². The highest BCUT2D eigenvalue weighted by Gasteiger charge is 2.35. The van der Waals surface area contributed by atoms with Crippen molar-refractivity contribution >= 4 is 11.3 Å². The Morgan fingerprint density at radius 3 is 2.57 bits per heavy atom. The Morgan fingerprint density at radius 2 is 2.07 bits per heavy atom. The molecule has 0 aromatic carbocycles. The van der Waals surface area contributed by atoms with Crippen LogP contribution in [0.2, 0.25) is 0 Å². The first-order valence-electron chi connectivity index (χ1n) is 3.33. The van der Waals surface area contributed by atoms with Gasteiger partial charge >= 0.3 is 6.18 Å². The van der Waals surface area contributed by atoms with Crippen LogP contribution in [-0.2, 0) is 6.18 Å². The highest BCUT2D eigenvalue weighted by Crippen LogP contribution is 2.32. The van der Waals surface area contributed by atoms with Crippen LogP contribution in [0.3, 0.4) is 0 Å². The lowest BCUT2D eigenvalue weighted by molar-refractivity contribution is -0.138. The van der Waals surface area contributed by atoms with E-state index in [1.54, 1.807) is 0 Å². The smallest absolute Gasteiger partial charge is 0.223 e. The highest BCUT2D eigenvalue weighted by atomic mass is 32.1. The van der Waals surface area contributed by atoms with Crippen LogP contribution in [0, 0.1) is 0 Å². The molecule has 9 heteroatoms. The molecule has 0 amide bonds. The average molecular weight is 221 g/mol. The molecule has 2 heterocycles. The summed E-state index contributed by atoms with van der Waals surface area (Å²) in [6.07, 6.45) is -2.01. The average Bonchev–Trinajstić information content (AvgIpc) is 2.73. The van der Waals surface area contributed by atoms with Gasteiger partial charge in [-0.3, -0.25) is 0 Å².